The number of amides is 1. The smallest absolute Gasteiger partial charge is 0.323 e. The van der Waals surface area contributed by atoms with Crippen molar-refractivity contribution in [3.8, 4) is 0 Å². The van der Waals surface area contributed by atoms with Crippen molar-refractivity contribution in [3.05, 3.63) is 64.2 Å². The maximum atomic E-state index is 12.9. The van der Waals surface area contributed by atoms with Crippen molar-refractivity contribution in [2.75, 3.05) is 5.32 Å². The molecule has 30 heavy (non-hydrogen) atoms. The molecule has 0 bridgehead atoms. The lowest BCUT2D eigenvalue weighted by molar-refractivity contribution is -0.137. The summed E-state index contributed by atoms with van der Waals surface area (Å²) >= 11 is 0. The fourth-order valence-electron chi connectivity index (χ4n) is 3.36. The minimum Gasteiger partial charge on any atom is -0.323 e. The number of anilines is 1. The first kappa shape index (κ1) is 21.6. The summed E-state index contributed by atoms with van der Waals surface area (Å²) in [6, 6.07) is 7.11. The molecule has 160 valence electrons. The number of benzene rings is 1. The zero-order chi connectivity index (χ0) is 22.1. The van der Waals surface area contributed by atoms with Crippen LogP contribution in [0, 0.1) is 27.7 Å². The summed E-state index contributed by atoms with van der Waals surface area (Å²) in [7, 11) is 0. The number of carbonyl (C=O) groups excluding carboxylic acids is 1. The van der Waals surface area contributed by atoms with E-state index >= 15 is 0 Å². The lowest BCUT2D eigenvalue weighted by Gasteiger charge is -2.10. The first-order valence-corrected chi connectivity index (χ1v) is 9.55. The maximum absolute atomic E-state index is 12.9. The van der Waals surface area contributed by atoms with E-state index in [2.05, 4.69) is 15.5 Å². The molecule has 6 nitrogen and oxygen atoms in total. The Morgan fingerprint density at radius 2 is 1.80 bits per heavy atom. The molecular formula is C21H24F3N5O. The Balaban J connectivity index is 1.69. The minimum absolute atomic E-state index is 0.174. The molecule has 0 atom stereocenters. The van der Waals surface area contributed by atoms with E-state index < -0.39 is 11.7 Å². The zero-order valence-corrected chi connectivity index (χ0v) is 17.3. The van der Waals surface area contributed by atoms with E-state index in [-0.39, 0.29) is 18.9 Å². The summed E-state index contributed by atoms with van der Waals surface area (Å²) in [5, 5.41) is 11.6. The maximum Gasteiger partial charge on any atom is 0.416 e. The fraction of sp³-hybridized carbons (Fsp3) is 0.381. The van der Waals surface area contributed by atoms with Gasteiger partial charge < -0.3 is 5.32 Å². The first-order chi connectivity index (χ1) is 14.0. The lowest BCUT2D eigenvalue weighted by atomic mass is 10.1. The van der Waals surface area contributed by atoms with Crippen LogP contribution in [0.2, 0.25) is 0 Å². The molecule has 0 aliphatic heterocycles. The van der Waals surface area contributed by atoms with Gasteiger partial charge in [-0.2, -0.15) is 23.4 Å². The average molecular weight is 419 g/mol. The molecule has 1 aromatic carbocycles. The van der Waals surface area contributed by atoms with Crippen molar-refractivity contribution in [2.24, 2.45) is 0 Å². The molecule has 0 radical (unpaired) electrons. The van der Waals surface area contributed by atoms with Crippen LogP contribution >= 0.6 is 0 Å². The summed E-state index contributed by atoms with van der Waals surface area (Å²) in [4.78, 5) is 12.4. The Morgan fingerprint density at radius 3 is 2.43 bits per heavy atom. The molecule has 1 amide bonds. The van der Waals surface area contributed by atoms with Crippen LogP contribution in [-0.2, 0) is 24.1 Å². The molecule has 0 saturated heterocycles. The van der Waals surface area contributed by atoms with Gasteiger partial charge in [-0.15, -0.1) is 0 Å². The predicted molar refractivity (Wildman–Crippen MR) is 107 cm³/mol. The van der Waals surface area contributed by atoms with Crippen molar-refractivity contribution < 1.29 is 18.0 Å². The molecule has 0 aliphatic rings. The molecule has 3 rings (SSSR count). The zero-order valence-electron chi connectivity index (χ0n) is 17.3. The van der Waals surface area contributed by atoms with Gasteiger partial charge >= 0.3 is 6.18 Å². The molecule has 2 heterocycles. The van der Waals surface area contributed by atoms with Crippen molar-refractivity contribution in [3.63, 3.8) is 0 Å². The van der Waals surface area contributed by atoms with Gasteiger partial charge in [0.15, 0.2) is 0 Å². The van der Waals surface area contributed by atoms with E-state index in [1.54, 1.807) is 29.3 Å². The standard InChI is InChI=1S/C21H24F3N5O/c1-13-10-14(2)28(26-13)9-8-19(30)25-20-15(3)27-29(16(20)4)12-17-6-5-7-18(11-17)21(22,23)24/h5-7,10-11H,8-9,12H2,1-4H3,(H,25,30). The van der Waals surface area contributed by atoms with E-state index in [0.29, 0.717) is 29.2 Å². The number of hydrogen-bond acceptors (Lipinski definition) is 3. The molecule has 1 N–H and O–H groups in total. The lowest BCUT2D eigenvalue weighted by Crippen LogP contribution is -2.16. The van der Waals surface area contributed by atoms with Crippen LogP contribution in [-0.4, -0.2) is 25.5 Å². The van der Waals surface area contributed by atoms with E-state index in [4.69, 9.17) is 0 Å². The molecule has 9 heteroatoms. The van der Waals surface area contributed by atoms with E-state index in [9.17, 15) is 18.0 Å². The highest BCUT2D eigenvalue weighted by molar-refractivity contribution is 5.91. The molecule has 0 spiro atoms. The summed E-state index contributed by atoms with van der Waals surface area (Å²) in [6.07, 6.45) is -4.14. The molecule has 0 saturated carbocycles. The van der Waals surface area contributed by atoms with Crippen molar-refractivity contribution >= 4 is 11.6 Å². The van der Waals surface area contributed by atoms with E-state index in [1.807, 2.05) is 19.9 Å². The monoisotopic (exact) mass is 419 g/mol. The molecular weight excluding hydrogens is 395 g/mol. The van der Waals surface area contributed by atoms with Crippen molar-refractivity contribution in [2.45, 2.75) is 53.4 Å². The second-order valence-electron chi connectivity index (χ2n) is 7.35. The van der Waals surface area contributed by atoms with Gasteiger partial charge in [0.05, 0.1) is 34.9 Å². The van der Waals surface area contributed by atoms with Gasteiger partial charge in [-0.1, -0.05) is 12.1 Å². The number of halogens is 3. The van der Waals surface area contributed by atoms with Crippen molar-refractivity contribution in [1.82, 2.24) is 19.6 Å². The number of alkyl halides is 3. The SMILES string of the molecule is Cc1cc(C)n(CCC(=O)Nc2c(C)nn(Cc3cccc(C(F)(F)F)c3)c2C)n1. The molecule has 0 unspecified atom stereocenters. The van der Waals surface area contributed by atoms with Gasteiger partial charge in [0, 0.05) is 18.7 Å². The van der Waals surface area contributed by atoms with Gasteiger partial charge in [-0.25, -0.2) is 0 Å². The third kappa shape index (κ3) is 4.90. The van der Waals surface area contributed by atoms with Crippen LogP contribution in [0.5, 0.6) is 0 Å². The second-order valence-corrected chi connectivity index (χ2v) is 7.35. The highest BCUT2D eigenvalue weighted by Gasteiger charge is 2.30. The largest absolute Gasteiger partial charge is 0.416 e. The van der Waals surface area contributed by atoms with Crippen LogP contribution in [0.15, 0.2) is 30.3 Å². The third-order valence-electron chi connectivity index (χ3n) is 4.89. The number of rotatable bonds is 6. The fourth-order valence-corrected chi connectivity index (χ4v) is 3.36. The van der Waals surface area contributed by atoms with Crippen LogP contribution in [0.1, 0.15) is 40.3 Å². The second kappa shape index (κ2) is 8.33. The number of nitrogens with one attached hydrogen (secondary N) is 1. The van der Waals surface area contributed by atoms with E-state index in [1.165, 1.54) is 6.07 Å². The average Bonchev–Trinajstić information content (AvgIpc) is 3.12. The van der Waals surface area contributed by atoms with Crippen molar-refractivity contribution in [1.29, 1.82) is 0 Å². The van der Waals surface area contributed by atoms with E-state index in [0.717, 1.165) is 23.5 Å². The Morgan fingerprint density at radius 1 is 1.07 bits per heavy atom. The van der Waals surface area contributed by atoms with Gasteiger partial charge in [-0.3, -0.25) is 14.2 Å². The number of aryl methyl sites for hydroxylation is 4. The molecule has 0 aliphatic carbocycles. The van der Waals surface area contributed by atoms with Gasteiger partial charge in [0.1, 0.15) is 0 Å². The highest BCUT2D eigenvalue weighted by atomic mass is 19.4. The Labute approximate surface area is 172 Å². The Kier molecular flexibility index (Phi) is 6.00. The molecule has 2 aromatic heterocycles. The van der Waals surface area contributed by atoms with Crippen LogP contribution < -0.4 is 5.32 Å². The summed E-state index contributed by atoms with van der Waals surface area (Å²) in [6.45, 7) is 8.01. The molecule has 0 fully saturated rings. The summed E-state index contributed by atoms with van der Waals surface area (Å²) < 4.78 is 42.2. The van der Waals surface area contributed by atoms with Gasteiger partial charge in [0.2, 0.25) is 5.91 Å². The Hall–Kier alpha value is -3.10. The number of aromatic nitrogens is 4. The molecule has 3 aromatic rings. The quantitative estimate of drug-likeness (QED) is 0.644. The van der Waals surface area contributed by atoms with Gasteiger partial charge in [-0.05, 0) is 51.5 Å². The summed E-state index contributed by atoms with van der Waals surface area (Å²) in [5.74, 6) is -0.174. The van der Waals surface area contributed by atoms with Crippen LogP contribution in [0.4, 0.5) is 18.9 Å². The third-order valence-corrected chi connectivity index (χ3v) is 4.89. The normalized spacial score (nSPS) is 11.7. The topological polar surface area (TPSA) is 64.7 Å². The van der Waals surface area contributed by atoms with Crippen LogP contribution in [0.3, 0.4) is 0 Å². The van der Waals surface area contributed by atoms with Gasteiger partial charge in [0.25, 0.3) is 0 Å². The Bertz CT molecular complexity index is 1070. The summed E-state index contributed by atoms with van der Waals surface area (Å²) in [5.41, 5.74) is 3.55. The highest BCUT2D eigenvalue weighted by Crippen LogP contribution is 2.30. The minimum atomic E-state index is -4.39. The van der Waals surface area contributed by atoms with Crippen LogP contribution in [0.25, 0.3) is 0 Å². The number of nitrogens with zero attached hydrogens (tertiary/aromatic N) is 4. The number of hydrogen-bond donors (Lipinski definition) is 1. The first-order valence-electron chi connectivity index (χ1n) is 9.55. The predicted octanol–water partition coefficient (Wildman–Crippen LogP) is 4.41. The number of carbonyl (C=O) groups is 1.